The van der Waals surface area contributed by atoms with Crippen LogP contribution in [0.2, 0.25) is 0 Å². The first kappa shape index (κ1) is 56.4. The van der Waals surface area contributed by atoms with Crippen molar-refractivity contribution in [2.75, 3.05) is 26.4 Å². The van der Waals surface area contributed by atoms with Crippen LogP contribution in [0.5, 0.6) is 0 Å². The molecule has 0 spiro atoms. The zero-order valence-electron chi connectivity index (χ0n) is 36.7. The first-order valence-corrected chi connectivity index (χ1v) is 24.1. The normalized spacial score (nSPS) is 15.0. The van der Waals surface area contributed by atoms with E-state index in [0.717, 1.165) is 57.8 Å². The first-order chi connectivity index (χ1) is 28.6. The summed E-state index contributed by atoms with van der Waals surface area (Å²) in [5.74, 6) is -1.13. The summed E-state index contributed by atoms with van der Waals surface area (Å²) in [7, 11) is -4.45. The van der Waals surface area contributed by atoms with Crippen molar-refractivity contribution in [1.29, 1.82) is 0 Å². The van der Waals surface area contributed by atoms with Gasteiger partial charge in [-0.25, -0.2) is 4.57 Å². The molecule has 0 radical (unpaired) electrons. The number of phosphoric ester groups is 1. The minimum absolute atomic E-state index is 0.00959. The molecule has 0 fully saturated rings. The molecule has 340 valence electrons. The molecule has 0 bridgehead atoms. The number of aliphatic hydroxyl groups is 2. The van der Waals surface area contributed by atoms with E-state index in [-0.39, 0.29) is 51.9 Å². The minimum atomic E-state index is -4.45. The molecule has 11 nitrogen and oxygen atoms in total. The number of ether oxygens (including phenoxy) is 2. The molecular weight excluding hydrogens is 769 g/mol. The fraction of sp³-hybridized carbons (Fsp3) is 0.702. The number of nitrogens with two attached hydrogens (primary N) is 1. The maximum atomic E-state index is 12.6. The number of carbonyl (C=O) groups is 2. The largest absolute Gasteiger partial charge is 0.472 e. The summed E-state index contributed by atoms with van der Waals surface area (Å²) in [6, 6.07) is 0. The second-order valence-corrected chi connectivity index (χ2v) is 16.3. The highest BCUT2D eigenvalue weighted by molar-refractivity contribution is 7.47. The second-order valence-electron chi connectivity index (χ2n) is 14.8. The molecule has 0 aromatic heterocycles. The van der Waals surface area contributed by atoms with E-state index in [0.29, 0.717) is 6.42 Å². The van der Waals surface area contributed by atoms with Gasteiger partial charge < -0.3 is 30.3 Å². The van der Waals surface area contributed by atoms with Crippen LogP contribution >= 0.6 is 7.82 Å². The third-order valence-electron chi connectivity index (χ3n) is 9.28. The number of hydrogen-bond acceptors (Lipinski definition) is 10. The molecule has 0 aliphatic carbocycles. The van der Waals surface area contributed by atoms with Crippen LogP contribution in [0.4, 0.5) is 0 Å². The van der Waals surface area contributed by atoms with Crippen molar-refractivity contribution in [2.24, 2.45) is 5.73 Å². The van der Waals surface area contributed by atoms with Crippen molar-refractivity contribution in [1.82, 2.24) is 0 Å². The average molecular weight is 852 g/mol. The van der Waals surface area contributed by atoms with Crippen molar-refractivity contribution in [3.8, 4) is 0 Å². The summed E-state index contributed by atoms with van der Waals surface area (Å²) in [6.07, 6.45) is 43.9. The highest BCUT2D eigenvalue weighted by Gasteiger charge is 2.26. The number of esters is 2. The van der Waals surface area contributed by atoms with E-state index in [1.54, 1.807) is 0 Å². The Morgan fingerprint density at radius 2 is 1.10 bits per heavy atom. The lowest BCUT2D eigenvalue weighted by Gasteiger charge is -2.20. The first-order valence-electron chi connectivity index (χ1n) is 22.6. The fourth-order valence-corrected chi connectivity index (χ4v) is 6.58. The van der Waals surface area contributed by atoms with Crippen molar-refractivity contribution < 1.29 is 47.8 Å². The monoisotopic (exact) mass is 852 g/mol. The lowest BCUT2D eigenvalue weighted by atomic mass is 10.0. The molecule has 0 aliphatic rings. The molecule has 4 atom stereocenters. The SMILES string of the molecule is CC/C=C\C/C=C\C/C=C\C/C=C\C[C@H](O)[C@@H](O)CCCC(=O)OC[C@H](COP(=O)(O)OCCN)OC(=O)CCCCCCCCCCC/C=C\C/C=C\CCCCC. The Bertz CT molecular complexity index is 1230. The van der Waals surface area contributed by atoms with Gasteiger partial charge in [0.25, 0.3) is 0 Å². The summed E-state index contributed by atoms with van der Waals surface area (Å²) in [5.41, 5.74) is 5.34. The Kier molecular flexibility index (Phi) is 40.2. The zero-order valence-corrected chi connectivity index (χ0v) is 37.6. The Hall–Kier alpha value is -2.63. The standard InChI is InChI=1S/C47H82NO10P/c1-3-5-7-9-11-13-15-17-18-19-20-21-22-23-25-27-29-31-33-37-47(52)58-43(42-57-59(53,54)56-40-39-48)41-55-46(51)38-34-36-45(50)44(49)35-32-30-28-26-24-16-14-12-10-8-6-4-2/h6,8,11-14,17-18,24,26,30,32,43-45,49-50H,3-5,7,9-10,15-16,19-23,25,27-29,31,33-42,48H2,1-2H3,(H,53,54)/b8-6-,13-11-,14-12-,18-17-,26-24-,32-30-/t43-,44+,45+/m1/s1. The van der Waals surface area contributed by atoms with Crippen molar-refractivity contribution in [2.45, 2.75) is 186 Å². The number of aliphatic hydroxyl groups excluding tert-OH is 2. The van der Waals surface area contributed by atoms with Crippen LogP contribution in [0.3, 0.4) is 0 Å². The molecule has 0 aromatic rings. The molecule has 59 heavy (non-hydrogen) atoms. The molecule has 0 rings (SSSR count). The Morgan fingerprint density at radius 3 is 1.68 bits per heavy atom. The summed E-state index contributed by atoms with van der Waals surface area (Å²) < 4.78 is 32.6. The number of carbonyl (C=O) groups excluding carboxylic acids is 2. The van der Waals surface area contributed by atoms with Crippen molar-refractivity contribution in [3.05, 3.63) is 72.9 Å². The number of allylic oxidation sites excluding steroid dienone is 11. The van der Waals surface area contributed by atoms with Gasteiger partial charge in [0.2, 0.25) is 0 Å². The smallest absolute Gasteiger partial charge is 0.462 e. The van der Waals surface area contributed by atoms with Gasteiger partial charge in [0, 0.05) is 19.4 Å². The Morgan fingerprint density at radius 1 is 0.593 bits per heavy atom. The number of rotatable bonds is 41. The van der Waals surface area contributed by atoms with Crippen LogP contribution in [-0.4, -0.2) is 71.7 Å². The fourth-order valence-electron chi connectivity index (χ4n) is 5.81. The predicted octanol–water partition coefficient (Wildman–Crippen LogP) is 11.0. The van der Waals surface area contributed by atoms with E-state index in [9.17, 15) is 29.3 Å². The van der Waals surface area contributed by atoms with Crippen LogP contribution in [-0.2, 0) is 32.7 Å². The van der Waals surface area contributed by atoms with Gasteiger partial charge in [-0.15, -0.1) is 0 Å². The molecule has 12 heteroatoms. The lowest BCUT2D eigenvalue weighted by Crippen LogP contribution is -2.30. The third-order valence-corrected chi connectivity index (χ3v) is 10.3. The molecule has 1 unspecified atom stereocenters. The van der Waals surface area contributed by atoms with E-state index >= 15 is 0 Å². The summed E-state index contributed by atoms with van der Waals surface area (Å²) >= 11 is 0. The van der Waals surface area contributed by atoms with Gasteiger partial charge in [-0.1, -0.05) is 145 Å². The molecule has 0 aliphatic heterocycles. The van der Waals surface area contributed by atoms with Crippen molar-refractivity contribution in [3.63, 3.8) is 0 Å². The van der Waals surface area contributed by atoms with Gasteiger partial charge in [0.15, 0.2) is 6.10 Å². The number of hydrogen-bond donors (Lipinski definition) is 4. The van der Waals surface area contributed by atoms with E-state index in [4.69, 9.17) is 24.3 Å². The number of phosphoric acid groups is 1. The molecule has 5 N–H and O–H groups in total. The Balaban J connectivity index is 4.37. The maximum Gasteiger partial charge on any atom is 0.472 e. The molecule has 0 saturated heterocycles. The van der Waals surface area contributed by atoms with Crippen LogP contribution < -0.4 is 5.73 Å². The van der Waals surface area contributed by atoms with Gasteiger partial charge in [-0.2, -0.15) is 0 Å². The highest BCUT2D eigenvalue weighted by atomic mass is 31.2. The molecule has 0 aromatic carbocycles. The summed E-state index contributed by atoms with van der Waals surface area (Å²) in [6.45, 7) is 3.24. The quantitative estimate of drug-likeness (QED) is 0.0199. The van der Waals surface area contributed by atoms with E-state index < -0.39 is 44.7 Å². The van der Waals surface area contributed by atoms with Crippen LogP contribution in [0, 0.1) is 0 Å². The number of unbranched alkanes of at least 4 members (excludes halogenated alkanes) is 12. The van der Waals surface area contributed by atoms with Crippen molar-refractivity contribution >= 4 is 19.8 Å². The molecule has 0 amide bonds. The van der Waals surface area contributed by atoms with Gasteiger partial charge in [-0.3, -0.25) is 18.6 Å². The zero-order chi connectivity index (χ0) is 43.5. The second kappa shape index (κ2) is 42.1. The Labute approximate surface area is 357 Å². The summed E-state index contributed by atoms with van der Waals surface area (Å²) in [5, 5.41) is 20.7. The van der Waals surface area contributed by atoms with Gasteiger partial charge in [0.05, 0.1) is 25.4 Å². The van der Waals surface area contributed by atoms with Gasteiger partial charge in [-0.05, 0) is 83.5 Å². The van der Waals surface area contributed by atoms with Crippen LogP contribution in [0.25, 0.3) is 0 Å². The van der Waals surface area contributed by atoms with Gasteiger partial charge >= 0.3 is 19.8 Å². The molecule has 0 heterocycles. The van der Waals surface area contributed by atoms with Crippen LogP contribution in [0.1, 0.15) is 168 Å². The topological polar surface area (TPSA) is 175 Å². The van der Waals surface area contributed by atoms with Crippen LogP contribution in [0.15, 0.2) is 72.9 Å². The highest BCUT2D eigenvalue weighted by Crippen LogP contribution is 2.43. The summed E-state index contributed by atoms with van der Waals surface area (Å²) in [4.78, 5) is 35.0. The van der Waals surface area contributed by atoms with E-state index in [2.05, 4.69) is 68.5 Å². The van der Waals surface area contributed by atoms with E-state index in [1.807, 2.05) is 18.2 Å². The maximum absolute atomic E-state index is 12.6. The minimum Gasteiger partial charge on any atom is -0.462 e. The molecule has 0 saturated carbocycles. The van der Waals surface area contributed by atoms with Gasteiger partial charge in [0.1, 0.15) is 6.61 Å². The molecular formula is C47H82NO10P. The lowest BCUT2D eigenvalue weighted by molar-refractivity contribution is -0.161. The predicted molar refractivity (Wildman–Crippen MR) is 241 cm³/mol. The van der Waals surface area contributed by atoms with E-state index in [1.165, 1.54) is 57.8 Å². The average Bonchev–Trinajstić information content (AvgIpc) is 3.22. The third kappa shape index (κ3) is 40.5.